The van der Waals surface area contributed by atoms with Crippen LogP contribution in [0.2, 0.25) is 0 Å². The zero-order valence-corrected chi connectivity index (χ0v) is 10.2. The fourth-order valence-electron chi connectivity index (χ4n) is 2.87. The molecule has 0 bridgehead atoms. The van der Waals surface area contributed by atoms with E-state index in [1.807, 2.05) is 6.08 Å². The van der Waals surface area contributed by atoms with Crippen molar-refractivity contribution in [2.75, 3.05) is 0 Å². The van der Waals surface area contributed by atoms with Crippen molar-refractivity contribution in [3.05, 3.63) is 40.2 Å². The predicted molar refractivity (Wildman–Crippen MR) is 68.1 cm³/mol. The average Bonchev–Trinajstić information content (AvgIpc) is 2.77. The maximum Gasteiger partial charge on any atom is 0.294 e. The van der Waals surface area contributed by atoms with Crippen molar-refractivity contribution < 1.29 is 9.72 Å². The van der Waals surface area contributed by atoms with E-state index in [0.29, 0.717) is 12.0 Å². The van der Waals surface area contributed by atoms with Gasteiger partial charge in [-0.15, -0.1) is 0 Å². The number of aromatic nitrogens is 1. The first kappa shape index (κ1) is 11.8. The summed E-state index contributed by atoms with van der Waals surface area (Å²) < 4.78 is 0. The molecule has 1 aliphatic heterocycles. The Kier molecular flexibility index (Phi) is 2.77. The summed E-state index contributed by atoms with van der Waals surface area (Å²) >= 11 is 0. The van der Waals surface area contributed by atoms with Crippen LogP contribution in [0, 0.1) is 16.0 Å². The molecule has 1 aromatic heterocycles. The maximum atomic E-state index is 11.4. The maximum absolute atomic E-state index is 11.4. The molecule has 0 saturated carbocycles. The van der Waals surface area contributed by atoms with Gasteiger partial charge in [0.2, 0.25) is 5.91 Å². The molecular formula is C13H13N3O3. The Labute approximate surface area is 109 Å². The van der Waals surface area contributed by atoms with Crippen molar-refractivity contribution in [2.45, 2.75) is 25.3 Å². The van der Waals surface area contributed by atoms with Crippen LogP contribution in [0.15, 0.2) is 24.5 Å². The summed E-state index contributed by atoms with van der Waals surface area (Å²) in [6.07, 6.45) is 6.91. The van der Waals surface area contributed by atoms with Crippen molar-refractivity contribution in [3.8, 4) is 0 Å². The Morgan fingerprint density at radius 3 is 3.11 bits per heavy atom. The second kappa shape index (κ2) is 4.46. The molecule has 1 saturated heterocycles. The second-order valence-corrected chi connectivity index (χ2v) is 4.92. The quantitative estimate of drug-likeness (QED) is 0.646. The first-order valence-corrected chi connectivity index (χ1v) is 6.24. The molecule has 2 aliphatic rings. The number of fused-ring (bicyclic) bond motifs is 1. The fraction of sp³-hybridized carbons (Fsp3) is 0.385. The number of allylic oxidation sites excluding steroid dienone is 1. The predicted octanol–water partition coefficient (Wildman–Crippen LogP) is 1.67. The Bertz CT molecular complexity index is 582. The molecule has 0 aromatic carbocycles. The number of pyridine rings is 1. The smallest absolute Gasteiger partial charge is 0.294 e. The standard InChI is InChI=1S/C13H13N3O3/c17-13-6-9-5-8(1-2-11(9)15-13)10-3-4-14-7-12(10)16(18)19/h3-5,7,9,11H,1-2,6H2,(H,15,17). The minimum absolute atomic E-state index is 0.0319. The van der Waals surface area contributed by atoms with Gasteiger partial charge in [0.1, 0.15) is 6.20 Å². The Morgan fingerprint density at radius 2 is 2.32 bits per heavy atom. The molecule has 98 valence electrons. The van der Waals surface area contributed by atoms with Crippen LogP contribution in [0.25, 0.3) is 5.57 Å². The summed E-state index contributed by atoms with van der Waals surface area (Å²) in [5.74, 6) is 0.223. The van der Waals surface area contributed by atoms with Gasteiger partial charge in [0, 0.05) is 24.6 Å². The Hall–Kier alpha value is -2.24. The van der Waals surface area contributed by atoms with Crippen LogP contribution >= 0.6 is 0 Å². The van der Waals surface area contributed by atoms with Gasteiger partial charge < -0.3 is 5.32 Å². The molecule has 0 radical (unpaired) electrons. The van der Waals surface area contributed by atoms with Crippen molar-refractivity contribution in [3.63, 3.8) is 0 Å². The molecule has 2 unspecified atom stereocenters. The number of carbonyl (C=O) groups is 1. The van der Waals surface area contributed by atoms with Crippen LogP contribution in [0.4, 0.5) is 5.69 Å². The third kappa shape index (κ3) is 2.09. The van der Waals surface area contributed by atoms with Gasteiger partial charge in [0.25, 0.3) is 5.69 Å². The summed E-state index contributed by atoms with van der Waals surface area (Å²) in [5, 5.41) is 14.0. The van der Waals surface area contributed by atoms with Crippen LogP contribution in [0.5, 0.6) is 0 Å². The minimum Gasteiger partial charge on any atom is -0.353 e. The lowest BCUT2D eigenvalue weighted by Gasteiger charge is -2.23. The van der Waals surface area contributed by atoms with Crippen molar-refractivity contribution in [1.29, 1.82) is 0 Å². The largest absolute Gasteiger partial charge is 0.353 e. The highest BCUT2D eigenvalue weighted by Gasteiger charge is 2.34. The van der Waals surface area contributed by atoms with E-state index in [1.165, 1.54) is 6.20 Å². The van der Waals surface area contributed by atoms with Gasteiger partial charge in [-0.25, -0.2) is 0 Å². The first-order chi connectivity index (χ1) is 9.15. The summed E-state index contributed by atoms with van der Waals surface area (Å²) in [7, 11) is 0. The molecule has 6 heteroatoms. The van der Waals surface area contributed by atoms with Gasteiger partial charge in [-0.1, -0.05) is 6.08 Å². The number of nitrogens with one attached hydrogen (secondary N) is 1. The third-order valence-electron chi connectivity index (χ3n) is 3.77. The van der Waals surface area contributed by atoms with Gasteiger partial charge in [0.05, 0.1) is 10.5 Å². The van der Waals surface area contributed by atoms with Crippen molar-refractivity contribution in [2.24, 2.45) is 5.92 Å². The summed E-state index contributed by atoms with van der Waals surface area (Å²) in [4.78, 5) is 25.8. The third-order valence-corrected chi connectivity index (χ3v) is 3.77. The fourth-order valence-corrected chi connectivity index (χ4v) is 2.87. The highest BCUT2D eigenvalue weighted by Crippen LogP contribution is 2.37. The SMILES string of the molecule is O=C1CC2C=C(c3ccncc3[N+](=O)[O-])CCC2N1. The van der Waals surface area contributed by atoms with E-state index in [4.69, 9.17) is 0 Å². The molecule has 1 fully saturated rings. The highest BCUT2D eigenvalue weighted by atomic mass is 16.6. The number of carbonyl (C=O) groups excluding carboxylic acids is 1. The summed E-state index contributed by atoms with van der Waals surface area (Å²) in [6, 6.07) is 1.87. The molecule has 2 heterocycles. The lowest BCUT2D eigenvalue weighted by molar-refractivity contribution is -0.385. The molecule has 1 aromatic rings. The molecule has 1 N–H and O–H groups in total. The van der Waals surface area contributed by atoms with E-state index in [2.05, 4.69) is 10.3 Å². The second-order valence-electron chi connectivity index (χ2n) is 4.92. The number of rotatable bonds is 2. The number of amides is 1. The van der Waals surface area contributed by atoms with Crippen LogP contribution in [0.3, 0.4) is 0 Å². The van der Waals surface area contributed by atoms with Gasteiger partial charge in [-0.05, 0) is 24.5 Å². The molecular weight excluding hydrogens is 246 g/mol. The van der Waals surface area contributed by atoms with Crippen LogP contribution < -0.4 is 5.32 Å². The van der Waals surface area contributed by atoms with Gasteiger partial charge in [-0.2, -0.15) is 0 Å². The molecule has 2 atom stereocenters. The summed E-state index contributed by atoms with van der Waals surface area (Å²) in [6.45, 7) is 0. The van der Waals surface area contributed by atoms with Gasteiger partial charge >= 0.3 is 0 Å². The minimum atomic E-state index is -0.409. The van der Waals surface area contributed by atoms with Crippen molar-refractivity contribution in [1.82, 2.24) is 10.3 Å². The van der Waals surface area contributed by atoms with E-state index >= 15 is 0 Å². The first-order valence-electron chi connectivity index (χ1n) is 6.24. The Balaban J connectivity index is 1.97. The van der Waals surface area contributed by atoms with E-state index in [-0.39, 0.29) is 23.6 Å². The van der Waals surface area contributed by atoms with Crippen LogP contribution in [-0.2, 0) is 4.79 Å². The molecule has 1 aliphatic carbocycles. The monoisotopic (exact) mass is 259 g/mol. The lowest BCUT2D eigenvalue weighted by atomic mass is 9.84. The topological polar surface area (TPSA) is 85.1 Å². The van der Waals surface area contributed by atoms with Crippen LogP contribution in [0.1, 0.15) is 24.8 Å². The van der Waals surface area contributed by atoms with E-state index in [1.54, 1.807) is 12.3 Å². The van der Waals surface area contributed by atoms with Gasteiger partial charge in [0.15, 0.2) is 0 Å². The zero-order chi connectivity index (χ0) is 13.4. The molecule has 1 amide bonds. The zero-order valence-electron chi connectivity index (χ0n) is 10.2. The summed E-state index contributed by atoms with van der Waals surface area (Å²) in [5.41, 5.74) is 1.61. The molecule has 6 nitrogen and oxygen atoms in total. The molecule has 19 heavy (non-hydrogen) atoms. The van der Waals surface area contributed by atoms with E-state index in [9.17, 15) is 14.9 Å². The molecule has 3 rings (SSSR count). The van der Waals surface area contributed by atoms with Crippen molar-refractivity contribution >= 4 is 17.2 Å². The highest BCUT2D eigenvalue weighted by molar-refractivity contribution is 5.81. The number of hydrogen-bond donors (Lipinski definition) is 1. The lowest BCUT2D eigenvalue weighted by Crippen LogP contribution is -2.30. The average molecular weight is 259 g/mol. The van der Waals surface area contributed by atoms with Crippen LogP contribution in [-0.4, -0.2) is 21.9 Å². The van der Waals surface area contributed by atoms with E-state index in [0.717, 1.165) is 18.4 Å². The van der Waals surface area contributed by atoms with Gasteiger partial charge in [-0.3, -0.25) is 19.9 Å². The molecule has 0 spiro atoms. The number of nitrogens with zero attached hydrogens (tertiary/aromatic N) is 2. The normalized spacial score (nSPS) is 25.5. The number of hydrogen-bond acceptors (Lipinski definition) is 4. The Morgan fingerprint density at radius 1 is 1.47 bits per heavy atom. The van der Waals surface area contributed by atoms with E-state index < -0.39 is 4.92 Å². The number of nitro groups is 1.